The minimum Gasteiger partial charge on any atom is -0.409 e. The molecule has 3 N–H and O–H groups in total. The van der Waals surface area contributed by atoms with E-state index >= 15 is 0 Å². The number of halogens is 2. The molecule has 4 nitrogen and oxygen atoms in total. The molecule has 0 fully saturated rings. The molecule has 0 aliphatic heterocycles. The Labute approximate surface area is 114 Å². The van der Waals surface area contributed by atoms with Gasteiger partial charge in [0.1, 0.15) is 11.7 Å². The highest BCUT2D eigenvalue weighted by molar-refractivity contribution is 9.10. The van der Waals surface area contributed by atoms with Crippen molar-refractivity contribution in [3.8, 4) is 0 Å². The van der Waals surface area contributed by atoms with Crippen LogP contribution in [0.3, 0.4) is 0 Å². The first-order valence-corrected chi connectivity index (χ1v) is 6.48. The predicted octanol–water partition coefficient (Wildman–Crippen LogP) is 2.55. The van der Waals surface area contributed by atoms with Gasteiger partial charge < -0.3 is 10.9 Å². The second-order valence-electron chi connectivity index (χ2n) is 3.95. The Balaban J connectivity index is 2.62. The van der Waals surface area contributed by atoms with Gasteiger partial charge in [0.25, 0.3) is 0 Å². The van der Waals surface area contributed by atoms with Gasteiger partial charge in [0.2, 0.25) is 0 Å². The predicted molar refractivity (Wildman–Crippen MR) is 73.1 cm³/mol. The third kappa shape index (κ3) is 4.62. The molecule has 0 atom stereocenters. The van der Waals surface area contributed by atoms with Gasteiger partial charge in [0, 0.05) is 24.0 Å². The molecule has 0 bridgehead atoms. The van der Waals surface area contributed by atoms with Gasteiger partial charge in [0.15, 0.2) is 0 Å². The Hall–Kier alpha value is -1.14. The summed E-state index contributed by atoms with van der Waals surface area (Å²) in [7, 11) is 0. The molecule has 100 valence electrons. The number of nitrogens with zero attached hydrogens (tertiary/aromatic N) is 2. The van der Waals surface area contributed by atoms with Crippen LogP contribution in [0.25, 0.3) is 0 Å². The van der Waals surface area contributed by atoms with Gasteiger partial charge in [-0.15, -0.1) is 0 Å². The molecule has 0 saturated heterocycles. The van der Waals surface area contributed by atoms with E-state index in [4.69, 9.17) is 10.9 Å². The summed E-state index contributed by atoms with van der Waals surface area (Å²) in [5, 5.41) is 11.4. The minimum atomic E-state index is -0.259. The summed E-state index contributed by atoms with van der Waals surface area (Å²) in [5.41, 5.74) is 6.45. The second-order valence-corrected chi connectivity index (χ2v) is 4.80. The van der Waals surface area contributed by atoms with Crippen LogP contribution in [0, 0.1) is 5.82 Å². The maximum Gasteiger partial charge on any atom is 0.140 e. The van der Waals surface area contributed by atoms with E-state index in [1.165, 1.54) is 12.1 Å². The number of hydrogen-bond acceptors (Lipinski definition) is 3. The fraction of sp³-hybridized carbons (Fsp3) is 0.417. The van der Waals surface area contributed by atoms with Gasteiger partial charge in [0.05, 0.1) is 0 Å². The molecule has 0 spiro atoms. The van der Waals surface area contributed by atoms with Gasteiger partial charge in [-0.05, 0) is 24.2 Å². The molecule has 1 rings (SSSR count). The normalized spacial score (nSPS) is 12.1. The van der Waals surface area contributed by atoms with Gasteiger partial charge >= 0.3 is 0 Å². The van der Waals surface area contributed by atoms with Crippen molar-refractivity contribution in [2.45, 2.75) is 19.9 Å². The Bertz CT molecular complexity index is 426. The highest BCUT2D eigenvalue weighted by Gasteiger charge is 2.08. The lowest BCUT2D eigenvalue weighted by molar-refractivity contribution is 0.282. The first-order valence-electron chi connectivity index (χ1n) is 5.69. The maximum absolute atomic E-state index is 13.0. The summed E-state index contributed by atoms with van der Waals surface area (Å²) >= 11 is 3.34. The van der Waals surface area contributed by atoms with Crippen molar-refractivity contribution in [3.63, 3.8) is 0 Å². The number of amidine groups is 1. The second kappa shape index (κ2) is 7.33. The fourth-order valence-electron chi connectivity index (χ4n) is 1.56. The molecule has 0 saturated carbocycles. The Morgan fingerprint density at radius 2 is 2.28 bits per heavy atom. The van der Waals surface area contributed by atoms with Gasteiger partial charge in [-0.3, -0.25) is 4.90 Å². The van der Waals surface area contributed by atoms with Crippen molar-refractivity contribution in [2.75, 3.05) is 13.1 Å². The van der Waals surface area contributed by atoms with Gasteiger partial charge in [-0.1, -0.05) is 34.1 Å². The molecule has 0 aromatic heterocycles. The van der Waals surface area contributed by atoms with Crippen molar-refractivity contribution in [1.29, 1.82) is 0 Å². The number of hydrogen-bond donors (Lipinski definition) is 2. The van der Waals surface area contributed by atoms with E-state index in [1.807, 2.05) is 6.92 Å². The molecule has 1 aromatic carbocycles. The quantitative estimate of drug-likeness (QED) is 0.367. The van der Waals surface area contributed by atoms with Crippen LogP contribution >= 0.6 is 15.9 Å². The van der Waals surface area contributed by atoms with Crippen LogP contribution in [-0.2, 0) is 6.54 Å². The fourth-order valence-corrected chi connectivity index (χ4v) is 2.04. The van der Waals surface area contributed by atoms with Crippen LogP contribution in [-0.4, -0.2) is 29.0 Å². The highest BCUT2D eigenvalue weighted by atomic mass is 79.9. The summed E-state index contributed by atoms with van der Waals surface area (Å²) < 4.78 is 13.7. The smallest absolute Gasteiger partial charge is 0.140 e. The molecule has 0 unspecified atom stereocenters. The molecular weight excluding hydrogens is 301 g/mol. The molecular formula is C12H17BrFN3O. The van der Waals surface area contributed by atoms with E-state index in [0.29, 0.717) is 19.5 Å². The van der Waals surface area contributed by atoms with Crippen molar-refractivity contribution < 1.29 is 9.60 Å². The van der Waals surface area contributed by atoms with Gasteiger partial charge in [-0.25, -0.2) is 4.39 Å². The SMILES string of the molecule is CCN(CC/C(N)=N/O)Cc1ccc(F)cc1Br. The van der Waals surface area contributed by atoms with E-state index in [1.54, 1.807) is 6.07 Å². The lowest BCUT2D eigenvalue weighted by atomic mass is 10.2. The number of rotatable bonds is 6. The van der Waals surface area contributed by atoms with Crippen molar-refractivity contribution in [2.24, 2.45) is 10.9 Å². The third-order valence-electron chi connectivity index (χ3n) is 2.67. The minimum absolute atomic E-state index is 0.214. The molecule has 0 aliphatic rings. The zero-order valence-corrected chi connectivity index (χ0v) is 11.8. The van der Waals surface area contributed by atoms with E-state index in [9.17, 15) is 4.39 Å². The summed E-state index contributed by atoms with van der Waals surface area (Å²) in [6.45, 7) is 4.25. The van der Waals surface area contributed by atoms with Gasteiger partial charge in [-0.2, -0.15) is 0 Å². The third-order valence-corrected chi connectivity index (χ3v) is 3.41. The zero-order valence-electron chi connectivity index (χ0n) is 10.2. The summed E-state index contributed by atoms with van der Waals surface area (Å²) in [6, 6.07) is 4.65. The molecule has 0 aliphatic carbocycles. The Morgan fingerprint density at radius 3 is 2.83 bits per heavy atom. The highest BCUT2D eigenvalue weighted by Crippen LogP contribution is 2.19. The molecule has 0 amide bonds. The van der Waals surface area contributed by atoms with Crippen LogP contribution in [0.15, 0.2) is 27.8 Å². The monoisotopic (exact) mass is 317 g/mol. The molecule has 1 aromatic rings. The standard InChI is InChI=1S/C12H17BrFN3O/c1-2-17(6-5-12(15)16-18)8-9-3-4-10(14)7-11(9)13/h3-4,7,18H,2,5-6,8H2,1H3,(H2,15,16). The van der Waals surface area contributed by atoms with E-state index in [-0.39, 0.29) is 11.7 Å². The summed E-state index contributed by atoms with van der Waals surface area (Å²) in [5.74, 6) is -0.0445. The first-order chi connectivity index (χ1) is 8.56. The maximum atomic E-state index is 13.0. The summed E-state index contributed by atoms with van der Waals surface area (Å²) in [6.07, 6.45) is 0.503. The topological polar surface area (TPSA) is 61.8 Å². The van der Waals surface area contributed by atoms with E-state index in [0.717, 1.165) is 16.6 Å². The Morgan fingerprint density at radius 1 is 1.56 bits per heavy atom. The molecule has 18 heavy (non-hydrogen) atoms. The molecule has 0 radical (unpaired) electrons. The van der Waals surface area contributed by atoms with Crippen molar-refractivity contribution in [1.82, 2.24) is 4.90 Å². The number of benzene rings is 1. The summed E-state index contributed by atoms with van der Waals surface area (Å²) in [4.78, 5) is 2.13. The van der Waals surface area contributed by atoms with Crippen LogP contribution < -0.4 is 5.73 Å². The Kier molecular flexibility index (Phi) is 6.07. The van der Waals surface area contributed by atoms with E-state index < -0.39 is 0 Å². The van der Waals surface area contributed by atoms with Crippen LogP contribution in [0.1, 0.15) is 18.9 Å². The van der Waals surface area contributed by atoms with Crippen molar-refractivity contribution >= 4 is 21.8 Å². The number of oxime groups is 1. The lowest BCUT2D eigenvalue weighted by Crippen LogP contribution is -2.28. The average Bonchev–Trinajstić information content (AvgIpc) is 2.36. The number of nitrogens with two attached hydrogens (primary N) is 1. The van der Waals surface area contributed by atoms with Crippen LogP contribution in [0.4, 0.5) is 4.39 Å². The van der Waals surface area contributed by atoms with Crippen LogP contribution in [0.5, 0.6) is 0 Å². The zero-order chi connectivity index (χ0) is 13.5. The molecule has 6 heteroatoms. The average molecular weight is 318 g/mol. The largest absolute Gasteiger partial charge is 0.409 e. The first kappa shape index (κ1) is 14.9. The molecule has 0 heterocycles. The van der Waals surface area contributed by atoms with Crippen LogP contribution in [0.2, 0.25) is 0 Å². The van der Waals surface area contributed by atoms with Crippen molar-refractivity contribution in [3.05, 3.63) is 34.1 Å². The van der Waals surface area contributed by atoms with E-state index in [2.05, 4.69) is 26.0 Å². The lowest BCUT2D eigenvalue weighted by Gasteiger charge is -2.20.